The van der Waals surface area contributed by atoms with E-state index in [0.29, 0.717) is 23.1 Å². The molecule has 49 heavy (non-hydrogen) atoms. The highest BCUT2D eigenvalue weighted by atomic mass is 16.3. The zero-order valence-electron chi connectivity index (χ0n) is 27.6. The van der Waals surface area contributed by atoms with Gasteiger partial charge in [-0.25, -0.2) is 9.48 Å². The molecule has 0 saturated carbocycles. The Morgan fingerprint density at radius 3 is 2.49 bits per heavy atom. The number of amides is 5. The molecular formula is C35H41N9O5. The first-order chi connectivity index (χ1) is 23.6. The Hall–Kier alpha value is -5.76. The summed E-state index contributed by atoms with van der Waals surface area (Å²) in [5, 5.41) is 27.2. The van der Waals surface area contributed by atoms with Crippen LogP contribution in [-0.2, 0) is 40.4 Å². The first-order valence-electron chi connectivity index (χ1n) is 15.9. The molecule has 2 atom stereocenters. The monoisotopic (exact) mass is 667 g/mol. The molecule has 4 N–H and O–H groups in total. The molecule has 0 aliphatic carbocycles. The second-order valence-corrected chi connectivity index (χ2v) is 12.0. The number of piperazine rings is 1. The van der Waals surface area contributed by atoms with Gasteiger partial charge >= 0.3 is 6.03 Å². The van der Waals surface area contributed by atoms with E-state index >= 15 is 0 Å². The van der Waals surface area contributed by atoms with Crippen molar-refractivity contribution in [1.82, 2.24) is 45.6 Å². The fourth-order valence-corrected chi connectivity index (χ4v) is 5.70. The number of likely N-dealkylation sites (N-methyl/N-ethyl adjacent to an activating group) is 1. The lowest BCUT2D eigenvalue weighted by Crippen LogP contribution is -2.69. The highest BCUT2D eigenvalue weighted by Crippen LogP contribution is 2.25. The summed E-state index contributed by atoms with van der Waals surface area (Å²) >= 11 is 0. The Morgan fingerprint density at radius 1 is 1.02 bits per heavy atom. The number of aromatic hydroxyl groups is 1. The van der Waals surface area contributed by atoms with E-state index < -0.39 is 18.2 Å². The van der Waals surface area contributed by atoms with Crippen molar-refractivity contribution in [3.8, 4) is 5.75 Å². The maximum atomic E-state index is 14.4. The van der Waals surface area contributed by atoms with Crippen molar-refractivity contribution in [2.45, 2.75) is 38.3 Å². The number of nitrogens with zero attached hydrogens (tertiary/aromatic N) is 6. The molecule has 1 aliphatic heterocycles. The average molecular weight is 668 g/mol. The average Bonchev–Trinajstić information content (AvgIpc) is 3.50. The first kappa shape index (κ1) is 34.6. The third-order valence-corrected chi connectivity index (χ3v) is 8.25. The minimum atomic E-state index is -0.983. The number of rotatable bonds is 13. The lowest BCUT2D eigenvalue weighted by atomic mass is 9.99. The van der Waals surface area contributed by atoms with Crippen molar-refractivity contribution in [2.24, 2.45) is 0 Å². The Kier molecular flexibility index (Phi) is 11.2. The third kappa shape index (κ3) is 8.59. The lowest BCUT2D eigenvalue weighted by Gasteiger charge is -2.46. The van der Waals surface area contributed by atoms with Gasteiger partial charge in [-0.05, 0) is 29.3 Å². The van der Waals surface area contributed by atoms with Gasteiger partial charge in [0.2, 0.25) is 17.7 Å². The van der Waals surface area contributed by atoms with Crippen molar-refractivity contribution < 1.29 is 24.3 Å². The van der Waals surface area contributed by atoms with Crippen LogP contribution < -0.4 is 16.0 Å². The van der Waals surface area contributed by atoms with Gasteiger partial charge in [0.1, 0.15) is 30.0 Å². The van der Waals surface area contributed by atoms with E-state index in [1.165, 1.54) is 26.6 Å². The molecule has 14 heteroatoms. The zero-order valence-corrected chi connectivity index (χ0v) is 27.6. The van der Waals surface area contributed by atoms with Gasteiger partial charge in [-0.3, -0.25) is 14.4 Å². The van der Waals surface area contributed by atoms with Crippen LogP contribution in [0.5, 0.6) is 5.75 Å². The molecule has 4 aromatic rings. The van der Waals surface area contributed by atoms with Gasteiger partial charge in [-0.2, -0.15) is 0 Å². The molecule has 1 aromatic heterocycles. The van der Waals surface area contributed by atoms with E-state index in [1.807, 2.05) is 48.5 Å². The summed E-state index contributed by atoms with van der Waals surface area (Å²) < 4.78 is 1.52. The van der Waals surface area contributed by atoms with Gasteiger partial charge in [0, 0.05) is 45.7 Å². The maximum Gasteiger partial charge on any atom is 0.316 e. The molecule has 1 saturated heterocycles. The largest absolute Gasteiger partial charge is 0.508 e. The summed E-state index contributed by atoms with van der Waals surface area (Å²) in [4.78, 5) is 58.4. The smallest absolute Gasteiger partial charge is 0.316 e. The molecule has 256 valence electrons. The molecule has 0 unspecified atom stereocenters. The molecule has 1 aliphatic rings. The third-order valence-electron chi connectivity index (χ3n) is 8.25. The number of fused-ring (bicyclic) bond motifs is 1. The van der Waals surface area contributed by atoms with Crippen LogP contribution in [0.25, 0.3) is 11.0 Å². The molecule has 1 fully saturated rings. The number of phenolic OH excluding ortho intramolecular Hbond substituents is 1. The van der Waals surface area contributed by atoms with Crippen LogP contribution in [0.4, 0.5) is 4.79 Å². The lowest BCUT2D eigenvalue weighted by molar-refractivity contribution is -0.156. The fraction of sp³-hybridized carbons (Fsp3) is 0.314. The number of nitrogens with one attached hydrogen (secondary N) is 3. The number of carbonyl (C=O) groups excluding carboxylic acids is 4. The van der Waals surface area contributed by atoms with E-state index in [1.54, 1.807) is 37.2 Å². The molecule has 0 bridgehead atoms. The number of hydrogen-bond acceptors (Lipinski definition) is 8. The Bertz CT molecular complexity index is 1790. The van der Waals surface area contributed by atoms with Crippen LogP contribution in [0.2, 0.25) is 0 Å². The predicted octanol–water partition coefficient (Wildman–Crippen LogP) is 1.61. The Balaban J connectivity index is 1.46. The number of benzene rings is 3. The maximum absolute atomic E-state index is 14.4. The minimum absolute atomic E-state index is 0.000503. The number of carbonyl (C=O) groups is 4. The summed E-state index contributed by atoms with van der Waals surface area (Å²) in [5.41, 5.74) is 3.49. The quantitative estimate of drug-likeness (QED) is 0.123. The highest BCUT2D eigenvalue weighted by molar-refractivity contribution is 5.91. The molecule has 5 rings (SSSR count). The molecule has 0 radical (unpaired) electrons. The number of urea groups is 1. The SMILES string of the molecule is C=CCNCC(=O)N1[C@@H](NC(=O)NCc2ccccc2)CN(Cc2cccc3c2nnn3CC(=O)N(C)C)C(=O)[C@@H]1Cc1ccc(O)cc1. The number of hydrogen-bond donors (Lipinski definition) is 4. The molecule has 5 amide bonds. The topological polar surface area (TPSA) is 165 Å². The fourth-order valence-electron chi connectivity index (χ4n) is 5.70. The number of aromatic nitrogens is 3. The van der Waals surface area contributed by atoms with E-state index in [4.69, 9.17) is 0 Å². The molecule has 3 aromatic carbocycles. The normalized spacial score (nSPS) is 16.0. The molecular weight excluding hydrogens is 626 g/mol. The van der Waals surface area contributed by atoms with Crippen LogP contribution in [0.3, 0.4) is 0 Å². The second-order valence-electron chi connectivity index (χ2n) is 12.0. The molecule has 14 nitrogen and oxygen atoms in total. The number of phenols is 1. The van der Waals surface area contributed by atoms with Crippen LogP contribution in [0.1, 0.15) is 16.7 Å². The Labute approximate surface area is 284 Å². The van der Waals surface area contributed by atoms with Crippen molar-refractivity contribution >= 4 is 34.8 Å². The van der Waals surface area contributed by atoms with Crippen molar-refractivity contribution in [1.29, 1.82) is 0 Å². The van der Waals surface area contributed by atoms with Gasteiger partial charge in [-0.1, -0.05) is 65.9 Å². The summed E-state index contributed by atoms with van der Waals surface area (Å²) in [6, 6.07) is 19.8. The van der Waals surface area contributed by atoms with E-state index in [9.17, 15) is 24.3 Å². The van der Waals surface area contributed by atoms with Crippen LogP contribution in [0.15, 0.2) is 85.5 Å². The summed E-state index contributed by atoms with van der Waals surface area (Å²) in [7, 11) is 3.33. The molecule has 0 spiro atoms. The van der Waals surface area contributed by atoms with Gasteiger partial charge in [0.05, 0.1) is 18.6 Å². The van der Waals surface area contributed by atoms with Crippen LogP contribution in [0, 0.1) is 0 Å². The van der Waals surface area contributed by atoms with E-state index in [2.05, 4.69) is 32.8 Å². The van der Waals surface area contributed by atoms with Crippen molar-refractivity contribution in [3.63, 3.8) is 0 Å². The summed E-state index contributed by atoms with van der Waals surface area (Å²) in [5.74, 6) is -0.764. The van der Waals surface area contributed by atoms with Gasteiger partial charge in [0.15, 0.2) is 0 Å². The highest BCUT2D eigenvalue weighted by Gasteiger charge is 2.43. The predicted molar refractivity (Wildman–Crippen MR) is 183 cm³/mol. The van der Waals surface area contributed by atoms with E-state index in [0.717, 1.165) is 11.1 Å². The van der Waals surface area contributed by atoms with Crippen molar-refractivity contribution in [3.05, 3.63) is 102 Å². The first-order valence-corrected chi connectivity index (χ1v) is 15.9. The Morgan fingerprint density at radius 2 is 1.78 bits per heavy atom. The summed E-state index contributed by atoms with van der Waals surface area (Å²) in [6.07, 6.45) is 0.880. The summed E-state index contributed by atoms with van der Waals surface area (Å²) in [6.45, 7) is 4.37. The van der Waals surface area contributed by atoms with E-state index in [-0.39, 0.29) is 62.6 Å². The molecule has 2 heterocycles. The minimum Gasteiger partial charge on any atom is -0.508 e. The zero-order chi connectivity index (χ0) is 34.9. The van der Waals surface area contributed by atoms with Crippen molar-refractivity contribution in [2.75, 3.05) is 33.7 Å². The van der Waals surface area contributed by atoms with Crippen LogP contribution in [-0.4, -0.2) is 104 Å². The second kappa shape index (κ2) is 15.9. The standard InChI is InChI=1S/C35H41N9O5/c1-4-17-36-20-31(46)44-29(18-24-13-15-27(45)16-14-24)34(48)42(22-30(44)38-35(49)37-19-25-9-6-5-7-10-25)21-26-11-8-12-28-33(26)39-40-43(28)23-32(47)41(2)3/h4-16,29-30,36,45H,1,17-23H2,2-3H3,(H2,37,38,49)/t29-,30+/m0/s1. The van der Waals surface area contributed by atoms with Crippen LogP contribution >= 0.6 is 0 Å². The van der Waals surface area contributed by atoms with Gasteiger partial charge in [0.25, 0.3) is 0 Å². The van der Waals surface area contributed by atoms with Gasteiger partial charge < -0.3 is 35.8 Å². The van der Waals surface area contributed by atoms with Gasteiger partial charge in [-0.15, -0.1) is 11.7 Å².